The van der Waals surface area contributed by atoms with Gasteiger partial charge < -0.3 is 10.4 Å². The van der Waals surface area contributed by atoms with Crippen LogP contribution in [0.5, 0.6) is 0 Å². The molecule has 0 rings (SSSR count). The molecule has 0 aliphatic heterocycles. The number of carbonyl (C=O) groups excluding carboxylic acids is 1. The monoisotopic (exact) mass is 146 g/mol. The molecule has 0 aromatic carbocycles. The fourth-order valence-corrected chi connectivity index (χ4v) is 0.289. The predicted molar refractivity (Wildman–Crippen MR) is 31.3 cm³/mol. The van der Waals surface area contributed by atoms with Crippen LogP contribution >= 0.6 is 0 Å². The molecule has 0 saturated carbocycles. The first-order valence-corrected chi connectivity index (χ1v) is 2.44. The van der Waals surface area contributed by atoms with Gasteiger partial charge in [-0.15, -0.1) is 0 Å². The summed E-state index contributed by atoms with van der Waals surface area (Å²) >= 11 is 0. The molecule has 2 N–H and O–H groups in total. The minimum atomic E-state index is -1.15. The summed E-state index contributed by atoms with van der Waals surface area (Å²) < 4.78 is 0. The van der Waals surface area contributed by atoms with Crippen LogP contribution in [0.1, 0.15) is 0 Å². The normalized spacial score (nSPS) is 8.40. The second-order valence-corrected chi connectivity index (χ2v) is 1.46. The van der Waals surface area contributed by atoms with Crippen molar-refractivity contribution in [3.05, 3.63) is 4.91 Å². The number of nitroso groups, excluding NO2 is 1. The molecule has 0 heterocycles. The molecule has 1 amide bonds. The minimum absolute atomic E-state index is 0.478. The fraction of sp³-hybridized carbons (Fsp3) is 0.500. The summed E-state index contributed by atoms with van der Waals surface area (Å²) in [6, 6.07) is 0. The number of carbonyl (C=O) groups is 2. The van der Waals surface area contributed by atoms with Gasteiger partial charge >= 0.3 is 5.97 Å². The lowest BCUT2D eigenvalue weighted by Gasteiger charge is -1.94. The molecule has 0 aliphatic rings. The van der Waals surface area contributed by atoms with Crippen LogP contribution in [-0.4, -0.2) is 30.1 Å². The van der Waals surface area contributed by atoms with E-state index in [1.54, 1.807) is 0 Å². The van der Waals surface area contributed by atoms with Crippen LogP contribution in [-0.2, 0) is 9.59 Å². The van der Waals surface area contributed by atoms with Gasteiger partial charge in [-0.1, -0.05) is 5.18 Å². The number of hydrogen-bond donors (Lipinski definition) is 2. The number of carboxylic acid groups (broad SMARTS) is 1. The molecule has 0 saturated heterocycles. The van der Waals surface area contributed by atoms with E-state index in [1.807, 2.05) is 5.32 Å². The Bertz CT molecular complexity index is 155. The first-order valence-electron chi connectivity index (χ1n) is 2.44. The third-order valence-corrected chi connectivity index (χ3v) is 0.645. The number of nitrogens with zero attached hydrogens (tertiary/aromatic N) is 1. The standard InChI is InChI=1S/C4H6N2O4/c7-3(1-6-10)5-2-4(8)9/h1-2H2,(H,5,7)(H,8,9). The molecule has 10 heavy (non-hydrogen) atoms. The highest BCUT2D eigenvalue weighted by Crippen LogP contribution is 1.68. The molecule has 0 aromatic rings. The molecular weight excluding hydrogens is 140 g/mol. The third kappa shape index (κ3) is 4.69. The number of hydrogen-bond acceptors (Lipinski definition) is 4. The van der Waals surface area contributed by atoms with Crippen molar-refractivity contribution in [3.63, 3.8) is 0 Å². The van der Waals surface area contributed by atoms with E-state index < -0.39 is 25.0 Å². The van der Waals surface area contributed by atoms with Crippen molar-refractivity contribution < 1.29 is 14.7 Å². The highest BCUT2D eigenvalue weighted by molar-refractivity contribution is 5.82. The molecule has 0 bridgehead atoms. The summed E-state index contributed by atoms with van der Waals surface area (Å²) in [6.07, 6.45) is 0. The van der Waals surface area contributed by atoms with Crippen LogP contribution in [0, 0.1) is 4.91 Å². The van der Waals surface area contributed by atoms with Crippen molar-refractivity contribution in [2.24, 2.45) is 5.18 Å². The highest BCUT2D eigenvalue weighted by Gasteiger charge is 2.01. The lowest BCUT2D eigenvalue weighted by molar-refractivity contribution is -0.137. The first kappa shape index (κ1) is 8.54. The Balaban J connectivity index is 3.39. The van der Waals surface area contributed by atoms with Gasteiger partial charge in [-0.2, -0.15) is 4.91 Å². The molecule has 56 valence electrons. The zero-order valence-corrected chi connectivity index (χ0v) is 5.03. The van der Waals surface area contributed by atoms with E-state index >= 15 is 0 Å². The molecule has 0 unspecified atom stereocenters. The quantitative estimate of drug-likeness (QED) is 0.495. The number of nitrogens with one attached hydrogen (secondary N) is 1. The number of rotatable bonds is 4. The maximum Gasteiger partial charge on any atom is 0.322 e. The molecule has 0 spiro atoms. The van der Waals surface area contributed by atoms with Crippen LogP contribution in [0.2, 0.25) is 0 Å². The molecule has 0 radical (unpaired) electrons. The molecule has 0 fully saturated rings. The van der Waals surface area contributed by atoms with Crippen molar-refractivity contribution >= 4 is 11.9 Å². The SMILES string of the molecule is O=NCC(=O)NCC(=O)O. The Kier molecular flexibility index (Phi) is 3.78. The number of aliphatic carboxylic acids is 1. The zero-order chi connectivity index (χ0) is 7.98. The second-order valence-electron chi connectivity index (χ2n) is 1.46. The van der Waals surface area contributed by atoms with Gasteiger partial charge in [0.25, 0.3) is 0 Å². The summed E-state index contributed by atoms with van der Waals surface area (Å²) in [4.78, 5) is 29.5. The van der Waals surface area contributed by atoms with Crippen LogP contribution in [0.3, 0.4) is 0 Å². The summed E-state index contributed by atoms with van der Waals surface area (Å²) in [5, 5.41) is 12.2. The van der Waals surface area contributed by atoms with Gasteiger partial charge in [-0.3, -0.25) is 9.59 Å². The largest absolute Gasteiger partial charge is 0.480 e. The third-order valence-electron chi connectivity index (χ3n) is 0.645. The van der Waals surface area contributed by atoms with E-state index in [0.29, 0.717) is 0 Å². The van der Waals surface area contributed by atoms with Crippen molar-refractivity contribution in [1.29, 1.82) is 0 Å². The second kappa shape index (κ2) is 4.42. The summed E-state index contributed by atoms with van der Waals surface area (Å²) in [5.74, 6) is -1.84. The Morgan fingerprint density at radius 3 is 2.50 bits per heavy atom. The van der Waals surface area contributed by atoms with Crippen LogP contribution < -0.4 is 5.32 Å². The molecule has 0 aromatic heterocycles. The average molecular weight is 146 g/mol. The Hall–Kier alpha value is -1.46. The zero-order valence-electron chi connectivity index (χ0n) is 5.03. The summed E-state index contributed by atoms with van der Waals surface area (Å²) in [7, 11) is 0. The molecule has 6 heteroatoms. The fourth-order valence-electron chi connectivity index (χ4n) is 0.289. The van der Waals surface area contributed by atoms with Crippen LogP contribution in [0.4, 0.5) is 0 Å². The lowest BCUT2D eigenvalue weighted by atomic mass is 10.5. The van der Waals surface area contributed by atoms with Gasteiger partial charge in [0.2, 0.25) is 5.91 Å². The van der Waals surface area contributed by atoms with Gasteiger partial charge in [0.05, 0.1) is 0 Å². The van der Waals surface area contributed by atoms with Gasteiger partial charge in [0, 0.05) is 0 Å². The predicted octanol–water partition coefficient (Wildman–Crippen LogP) is -1.05. The Morgan fingerprint density at radius 2 is 2.10 bits per heavy atom. The maximum absolute atomic E-state index is 10.3. The van der Waals surface area contributed by atoms with Crippen molar-refractivity contribution in [2.45, 2.75) is 0 Å². The van der Waals surface area contributed by atoms with E-state index in [1.165, 1.54) is 0 Å². The van der Waals surface area contributed by atoms with Gasteiger partial charge in [-0.05, 0) is 0 Å². The molecule has 0 aliphatic carbocycles. The maximum atomic E-state index is 10.3. The summed E-state index contributed by atoms with van der Waals surface area (Å²) in [6.45, 7) is -1.01. The van der Waals surface area contributed by atoms with E-state index in [0.717, 1.165) is 0 Å². The van der Waals surface area contributed by atoms with Crippen LogP contribution in [0.25, 0.3) is 0 Å². The first-order chi connectivity index (χ1) is 4.66. The van der Waals surface area contributed by atoms with Gasteiger partial charge in [-0.25, -0.2) is 0 Å². The molecular formula is C4H6N2O4. The lowest BCUT2D eigenvalue weighted by Crippen LogP contribution is -2.30. The highest BCUT2D eigenvalue weighted by atomic mass is 16.4. The van der Waals surface area contributed by atoms with E-state index in [2.05, 4.69) is 5.18 Å². The smallest absolute Gasteiger partial charge is 0.322 e. The Morgan fingerprint density at radius 1 is 1.50 bits per heavy atom. The Labute approximate surface area is 56.2 Å². The number of amides is 1. The van der Waals surface area contributed by atoms with E-state index in [-0.39, 0.29) is 0 Å². The molecule has 0 atom stereocenters. The molecule has 6 nitrogen and oxygen atoms in total. The summed E-state index contributed by atoms with van der Waals surface area (Å²) in [5.41, 5.74) is 0. The minimum Gasteiger partial charge on any atom is -0.480 e. The van der Waals surface area contributed by atoms with Gasteiger partial charge in [0.1, 0.15) is 6.54 Å². The number of carboxylic acids is 1. The van der Waals surface area contributed by atoms with Crippen molar-refractivity contribution in [1.82, 2.24) is 5.32 Å². The van der Waals surface area contributed by atoms with E-state index in [9.17, 15) is 14.5 Å². The van der Waals surface area contributed by atoms with Crippen LogP contribution in [0.15, 0.2) is 5.18 Å². The topological polar surface area (TPSA) is 95.8 Å². The van der Waals surface area contributed by atoms with Crippen molar-refractivity contribution in [3.8, 4) is 0 Å². The van der Waals surface area contributed by atoms with Gasteiger partial charge in [0.15, 0.2) is 6.54 Å². The van der Waals surface area contributed by atoms with E-state index in [4.69, 9.17) is 5.11 Å². The average Bonchev–Trinajstić information content (AvgIpc) is 1.85. The van der Waals surface area contributed by atoms with Crippen molar-refractivity contribution in [2.75, 3.05) is 13.1 Å².